The lowest BCUT2D eigenvalue weighted by molar-refractivity contribution is 0.200. The number of pyridine rings is 2. The highest BCUT2D eigenvalue weighted by atomic mass is 15.1. The van der Waals surface area contributed by atoms with Gasteiger partial charge in [0.25, 0.3) is 0 Å². The summed E-state index contributed by atoms with van der Waals surface area (Å²) in [7, 11) is 0. The van der Waals surface area contributed by atoms with Crippen molar-refractivity contribution in [2.24, 2.45) is 0 Å². The van der Waals surface area contributed by atoms with Crippen LogP contribution in [0.5, 0.6) is 0 Å². The van der Waals surface area contributed by atoms with Crippen molar-refractivity contribution < 1.29 is 0 Å². The Morgan fingerprint density at radius 2 is 1.93 bits per heavy atom. The van der Waals surface area contributed by atoms with Gasteiger partial charge in [-0.1, -0.05) is 0 Å². The van der Waals surface area contributed by atoms with Gasteiger partial charge in [0.15, 0.2) is 0 Å². The van der Waals surface area contributed by atoms with E-state index in [2.05, 4.69) is 55.3 Å². The minimum Gasteiger partial charge on any atom is -0.324 e. The number of rotatable bonds is 5. The Morgan fingerprint density at radius 1 is 1.04 bits per heavy atom. The molecule has 1 fully saturated rings. The van der Waals surface area contributed by atoms with E-state index in [1.807, 2.05) is 18.6 Å². The van der Waals surface area contributed by atoms with E-state index in [9.17, 15) is 0 Å². The maximum atomic E-state index is 4.43. The molecule has 0 saturated carbocycles. The second-order valence-electron chi connectivity index (χ2n) is 7.07. The third-order valence-corrected chi connectivity index (χ3v) is 5.11. The number of hydrogen-bond acceptors (Lipinski definition) is 6. The Bertz CT molecular complexity index is 883. The molecule has 0 amide bonds. The van der Waals surface area contributed by atoms with Crippen molar-refractivity contribution in [2.45, 2.75) is 32.2 Å². The lowest BCUT2D eigenvalue weighted by Gasteiger charge is -2.33. The molecule has 1 saturated heterocycles. The number of nitrogens with zero attached hydrogens (tertiary/aromatic N) is 5. The standard InChI is InChI=1S/C21H24N6/c1-16-12-22-6-4-18(16)14-27-10-2-3-19(15-27)17-5-7-24-20(11-17)26-21-13-23-8-9-25-21/h4-9,11-13,19H,2-3,10,14-15H2,1H3,(H,24,25,26). The molecule has 1 unspecified atom stereocenters. The fraction of sp³-hybridized carbons (Fsp3) is 0.333. The highest BCUT2D eigenvalue weighted by Gasteiger charge is 2.22. The summed E-state index contributed by atoms with van der Waals surface area (Å²) in [5.41, 5.74) is 3.96. The van der Waals surface area contributed by atoms with Gasteiger partial charge in [-0.25, -0.2) is 9.97 Å². The van der Waals surface area contributed by atoms with E-state index in [1.165, 1.54) is 29.5 Å². The van der Waals surface area contributed by atoms with Crippen LogP contribution in [0.15, 0.2) is 55.4 Å². The van der Waals surface area contributed by atoms with E-state index < -0.39 is 0 Å². The van der Waals surface area contributed by atoms with Crippen molar-refractivity contribution in [2.75, 3.05) is 18.4 Å². The topological polar surface area (TPSA) is 66.8 Å². The van der Waals surface area contributed by atoms with Crippen LogP contribution in [0.3, 0.4) is 0 Å². The van der Waals surface area contributed by atoms with Crippen molar-refractivity contribution >= 4 is 11.6 Å². The van der Waals surface area contributed by atoms with Crippen LogP contribution in [0.1, 0.15) is 35.4 Å². The summed E-state index contributed by atoms with van der Waals surface area (Å²) in [6.07, 6.45) is 13.2. The van der Waals surface area contributed by atoms with Crippen LogP contribution in [0, 0.1) is 6.92 Å². The molecule has 1 atom stereocenters. The minimum atomic E-state index is 0.520. The molecule has 138 valence electrons. The molecule has 0 aliphatic carbocycles. The average molecular weight is 360 g/mol. The molecule has 4 heterocycles. The second-order valence-corrected chi connectivity index (χ2v) is 7.07. The molecule has 0 bridgehead atoms. The Labute approximate surface area is 159 Å². The molecule has 0 spiro atoms. The van der Waals surface area contributed by atoms with Gasteiger partial charge in [0, 0.05) is 44.1 Å². The van der Waals surface area contributed by atoms with E-state index in [4.69, 9.17) is 0 Å². The molecule has 3 aromatic rings. The first kappa shape index (κ1) is 17.5. The van der Waals surface area contributed by atoms with Crippen molar-refractivity contribution in [1.29, 1.82) is 0 Å². The summed E-state index contributed by atoms with van der Waals surface area (Å²) in [6, 6.07) is 6.41. The zero-order valence-corrected chi connectivity index (χ0v) is 15.5. The largest absolute Gasteiger partial charge is 0.324 e. The first-order valence-corrected chi connectivity index (χ1v) is 9.39. The first-order chi connectivity index (χ1) is 13.3. The third-order valence-electron chi connectivity index (χ3n) is 5.11. The maximum absolute atomic E-state index is 4.43. The molecule has 6 nitrogen and oxygen atoms in total. The molecular formula is C21H24N6. The Morgan fingerprint density at radius 3 is 2.78 bits per heavy atom. The van der Waals surface area contributed by atoms with E-state index in [-0.39, 0.29) is 0 Å². The van der Waals surface area contributed by atoms with E-state index in [0.717, 1.165) is 25.5 Å². The lowest BCUT2D eigenvalue weighted by atomic mass is 9.91. The number of piperidine rings is 1. The molecule has 4 rings (SSSR count). The summed E-state index contributed by atoms with van der Waals surface area (Å²) in [5, 5.41) is 3.24. The number of aromatic nitrogens is 4. The predicted molar refractivity (Wildman–Crippen MR) is 106 cm³/mol. The van der Waals surface area contributed by atoms with Crippen molar-refractivity contribution in [3.05, 3.63) is 72.1 Å². The molecule has 1 aliphatic heterocycles. The van der Waals surface area contributed by atoms with E-state index in [0.29, 0.717) is 11.7 Å². The van der Waals surface area contributed by atoms with Gasteiger partial charge >= 0.3 is 0 Å². The zero-order chi connectivity index (χ0) is 18.5. The average Bonchev–Trinajstić information content (AvgIpc) is 2.71. The zero-order valence-electron chi connectivity index (χ0n) is 15.5. The third kappa shape index (κ3) is 4.46. The summed E-state index contributed by atoms with van der Waals surface area (Å²) in [4.78, 5) is 19.5. The first-order valence-electron chi connectivity index (χ1n) is 9.39. The van der Waals surface area contributed by atoms with Gasteiger partial charge in [0.05, 0.1) is 6.20 Å². The van der Waals surface area contributed by atoms with Crippen LogP contribution in [-0.4, -0.2) is 37.9 Å². The molecule has 1 N–H and O–H groups in total. The quantitative estimate of drug-likeness (QED) is 0.748. The molecule has 3 aromatic heterocycles. The van der Waals surface area contributed by atoms with Crippen LogP contribution in [0.2, 0.25) is 0 Å². The number of aryl methyl sites for hydroxylation is 1. The monoisotopic (exact) mass is 360 g/mol. The summed E-state index contributed by atoms with van der Waals surface area (Å²) >= 11 is 0. The predicted octanol–water partition coefficient (Wildman–Crippen LogP) is 3.70. The van der Waals surface area contributed by atoms with Gasteiger partial charge < -0.3 is 5.32 Å². The molecule has 6 heteroatoms. The smallest absolute Gasteiger partial charge is 0.150 e. The van der Waals surface area contributed by atoms with Crippen LogP contribution in [0.4, 0.5) is 11.6 Å². The lowest BCUT2D eigenvalue weighted by Crippen LogP contribution is -2.34. The van der Waals surface area contributed by atoms with Crippen LogP contribution < -0.4 is 5.32 Å². The van der Waals surface area contributed by atoms with Crippen molar-refractivity contribution in [3.8, 4) is 0 Å². The summed E-state index contributed by atoms with van der Waals surface area (Å²) in [6.45, 7) is 5.34. The Balaban J connectivity index is 1.45. The second kappa shape index (κ2) is 8.22. The van der Waals surface area contributed by atoms with Crippen LogP contribution in [-0.2, 0) is 6.54 Å². The molecule has 0 radical (unpaired) electrons. The number of anilines is 2. The summed E-state index contributed by atoms with van der Waals surface area (Å²) in [5.74, 6) is 2.04. The number of likely N-dealkylation sites (tertiary alicyclic amines) is 1. The van der Waals surface area contributed by atoms with Gasteiger partial charge in [0.2, 0.25) is 0 Å². The number of hydrogen-bond donors (Lipinski definition) is 1. The molecular weight excluding hydrogens is 336 g/mol. The van der Waals surface area contributed by atoms with Gasteiger partial charge in [-0.3, -0.25) is 14.9 Å². The summed E-state index contributed by atoms with van der Waals surface area (Å²) < 4.78 is 0. The van der Waals surface area contributed by atoms with Gasteiger partial charge in [-0.2, -0.15) is 0 Å². The highest BCUT2D eigenvalue weighted by molar-refractivity contribution is 5.51. The normalized spacial score (nSPS) is 17.6. The van der Waals surface area contributed by atoms with Crippen LogP contribution >= 0.6 is 0 Å². The molecule has 1 aliphatic rings. The fourth-order valence-corrected chi connectivity index (χ4v) is 3.66. The van der Waals surface area contributed by atoms with Gasteiger partial charge in [-0.15, -0.1) is 0 Å². The van der Waals surface area contributed by atoms with Crippen LogP contribution in [0.25, 0.3) is 0 Å². The molecule has 0 aromatic carbocycles. The highest BCUT2D eigenvalue weighted by Crippen LogP contribution is 2.29. The van der Waals surface area contributed by atoms with Gasteiger partial charge in [0.1, 0.15) is 11.6 Å². The van der Waals surface area contributed by atoms with Gasteiger partial charge in [-0.05, 0) is 67.1 Å². The van der Waals surface area contributed by atoms with Crippen molar-refractivity contribution in [1.82, 2.24) is 24.8 Å². The maximum Gasteiger partial charge on any atom is 0.150 e. The Kier molecular flexibility index (Phi) is 5.34. The Hall–Kier alpha value is -2.86. The van der Waals surface area contributed by atoms with E-state index in [1.54, 1.807) is 18.6 Å². The molecule has 27 heavy (non-hydrogen) atoms. The fourth-order valence-electron chi connectivity index (χ4n) is 3.66. The van der Waals surface area contributed by atoms with E-state index >= 15 is 0 Å². The SMILES string of the molecule is Cc1cnccc1CN1CCCC(c2ccnc(Nc3cnccn3)c2)C1. The minimum absolute atomic E-state index is 0.520. The van der Waals surface area contributed by atoms with Crippen molar-refractivity contribution in [3.63, 3.8) is 0 Å². The number of nitrogens with one attached hydrogen (secondary N) is 1.